The molecule has 9 heteroatoms. The van der Waals surface area contributed by atoms with Crippen LogP contribution in [0.4, 0.5) is 10.1 Å². The summed E-state index contributed by atoms with van der Waals surface area (Å²) in [6.45, 7) is 2.23. The van der Waals surface area contributed by atoms with Gasteiger partial charge < -0.3 is 15.7 Å². The lowest BCUT2D eigenvalue weighted by Crippen LogP contribution is -2.31. The molecular formula is C25H25FN4O4. The van der Waals surface area contributed by atoms with E-state index in [2.05, 4.69) is 4.98 Å². The first-order valence-corrected chi connectivity index (χ1v) is 11.3. The molecule has 34 heavy (non-hydrogen) atoms. The minimum atomic E-state index is -1.34. The zero-order valence-corrected chi connectivity index (χ0v) is 18.7. The number of rotatable bonds is 6. The number of fused-ring (bicyclic) bond motifs is 1. The van der Waals surface area contributed by atoms with Crippen molar-refractivity contribution in [1.29, 1.82) is 0 Å². The summed E-state index contributed by atoms with van der Waals surface area (Å²) in [5.74, 6) is -2.75. The molecule has 1 saturated carbocycles. The molecule has 5 rings (SSSR count). The van der Waals surface area contributed by atoms with Crippen molar-refractivity contribution in [3.05, 3.63) is 75.2 Å². The average molecular weight is 464 g/mol. The summed E-state index contributed by atoms with van der Waals surface area (Å²) in [6.07, 6.45) is 6.55. The first-order chi connectivity index (χ1) is 16.3. The maximum atomic E-state index is 15.5. The van der Waals surface area contributed by atoms with Crippen LogP contribution in [0.15, 0.2) is 41.6 Å². The minimum absolute atomic E-state index is 0.108. The first kappa shape index (κ1) is 22.2. The van der Waals surface area contributed by atoms with Gasteiger partial charge in [-0.15, -0.1) is 0 Å². The van der Waals surface area contributed by atoms with E-state index in [1.807, 2.05) is 12.1 Å². The Morgan fingerprint density at radius 1 is 1.26 bits per heavy atom. The van der Waals surface area contributed by atoms with Gasteiger partial charge in [0.1, 0.15) is 5.56 Å². The summed E-state index contributed by atoms with van der Waals surface area (Å²) < 4.78 is 16.6. The van der Waals surface area contributed by atoms with E-state index in [0.29, 0.717) is 23.1 Å². The predicted molar refractivity (Wildman–Crippen MR) is 124 cm³/mol. The van der Waals surface area contributed by atoms with Crippen molar-refractivity contribution in [2.75, 3.05) is 18.0 Å². The molecular weight excluding hydrogens is 439 g/mol. The topological polar surface area (TPSA) is 118 Å². The van der Waals surface area contributed by atoms with Crippen molar-refractivity contribution in [1.82, 2.24) is 9.38 Å². The lowest BCUT2D eigenvalue weighted by atomic mass is 9.89. The van der Waals surface area contributed by atoms with Gasteiger partial charge >= 0.3 is 5.97 Å². The zero-order valence-electron chi connectivity index (χ0n) is 18.7. The molecule has 1 amide bonds. The number of pyridine rings is 3. The van der Waals surface area contributed by atoms with Gasteiger partial charge in [0.2, 0.25) is 5.91 Å². The number of anilines is 1. The van der Waals surface area contributed by atoms with Crippen LogP contribution in [0.3, 0.4) is 0 Å². The van der Waals surface area contributed by atoms with Crippen LogP contribution in [0.25, 0.3) is 5.52 Å². The summed E-state index contributed by atoms with van der Waals surface area (Å²) in [5, 5.41) is 9.48. The summed E-state index contributed by atoms with van der Waals surface area (Å²) in [4.78, 5) is 43.4. The van der Waals surface area contributed by atoms with Crippen molar-refractivity contribution in [3.63, 3.8) is 0 Å². The van der Waals surface area contributed by atoms with E-state index >= 15 is 4.39 Å². The fourth-order valence-corrected chi connectivity index (χ4v) is 5.15. The van der Waals surface area contributed by atoms with Gasteiger partial charge in [0.25, 0.3) is 5.56 Å². The normalized spacial score (nSPS) is 20.3. The fourth-order valence-electron chi connectivity index (χ4n) is 5.15. The molecule has 176 valence electrons. The van der Waals surface area contributed by atoms with Gasteiger partial charge in [-0.3, -0.25) is 19.0 Å². The number of aromatic nitrogens is 2. The second kappa shape index (κ2) is 8.32. The molecule has 8 nitrogen and oxygen atoms in total. The van der Waals surface area contributed by atoms with Crippen LogP contribution < -0.4 is 16.2 Å². The third kappa shape index (κ3) is 3.56. The van der Waals surface area contributed by atoms with Crippen LogP contribution in [-0.4, -0.2) is 39.5 Å². The number of hydrogen-bond donors (Lipinski definition) is 2. The lowest BCUT2D eigenvalue weighted by molar-refractivity contribution is -0.121. The second-order valence-electron chi connectivity index (χ2n) is 9.18. The number of nitrogens with zero attached hydrogens (tertiary/aromatic N) is 3. The Hall–Kier alpha value is -3.59. The maximum Gasteiger partial charge on any atom is 0.341 e. The van der Waals surface area contributed by atoms with Crippen LogP contribution in [0.1, 0.15) is 45.8 Å². The Bertz CT molecular complexity index is 1370. The van der Waals surface area contributed by atoms with Gasteiger partial charge in [-0.25, -0.2) is 9.18 Å². The highest BCUT2D eigenvalue weighted by Crippen LogP contribution is 2.44. The smallest absolute Gasteiger partial charge is 0.341 e. The van der Waals surface area contributed by atoms with E-state index in [9.17, 15) is 19.5 Å². The van der Waals surface area contributed by atoms with Crippen molar-refractivity contribution in [2.24, 2.45) is 17.6 Å². The molecule has 0 aromatic carbocycles. The quantitative estimate of drug-likeness (QED) is 0.579. The Balaban J connectivity index is 1.63. The van der Waals surface area contributed by atoms with Gasteiger partial charge in [0.15, 0.2) is 5.82 Å². The molecule has 2 aliphatic rings. The Morgan fingerprint density at radius 3 is 2.59 bits per heavy atom. The van der Waals surface area contributed by atoms with Crippen LogP contribution in [0.2, 0.25) is 0 Å². The van der Waals surface area contributed by atoms with Gasteiger partial charge in [-0.05, 0) is 68.0 Å². The van der Waals surface area contributed by atoms with Crippen molar-refractivity contribution >= 4 is 23.1 Å². The van der Waals surface area contributed by atoms with E-state index in [-0.39, 0.29) is 42.1 Å². The number of halogens is 1. The number of nitrogens with two attached hydrogens (primary N) is 1. The number of hydrogen-bond acceptors (Lipinski definition) is 5. The highest BCUT2D eigenvalue weighted by molar-refractivity contribution is 5.99. The molecule has 0 radical (unpaired) electrons. The number of carbonyl (C=O) groups is 2. The van der Waals surface area contributed by atoms with E-state index in [1.165, 1.54) is 11.0 Å². The standard InChI is InChI=1S/C25H25FN4O4/c1-13-21-17(15-2-3-15)9-19(25(33)34)24(32)30(21)12-20(26)22(13)29-11-16(10-27)18(23(29)31)8-14-4-6-28-7-5-14/h4-7,9,12,15-16,18H,2-3,8,10-11,27H2,1H3,(H,33,34). The molecule has 3 aromatic rings. The summed E-state index contributed by atoms with van der Waals surface area (Å²) >= 11 is 0. The molecule has 2 atom stereocenters. The lowest BCUT2D eigenvalue weighted by Gasteiger charge is -2.23. The van der Waals surface area contributed by atoms with E-state index in [0.717, 1.165) is 29.0 Å². The third-order valence-electron chi connectivity index (χ3n) is 7.04. The number of aromatic carboxylic acids is 1. The Kier molecular flexibility index (Phi) is 5.44. The van der Waals surface area contributed by atoms with Crippen molar-refractivity contribution < 1.29 is 19.1 Å². The highest BCUT2D eigenvalue weighted by atomic mass is 19.1. The number of amides is 1. The van der Waals surface area contributed by atoms with Crippen LogP contribution in [-0.2, 0) is 11.2 Å². The predicted octanol–water partition coefficient (Wildman–Crippen LogP) is 2.50. The van der Waals surface area contributed by atoms with Crippen LogP contribution >= 0.6 is 0 Å². The number of aryl methyl sites for hydroxylation is 1. The Morgan fingerprint density at radius 2 is 1.97 bits per heavy atom. The minimum Gasteiger partial charge on any atom is -0.477 e. The fraction of sp³-hybridized carbons (Fsp3) is 0.360. The first-order valence-electron chi connectivity index (χ1n) is 11.3. The average Bonchev–Trinajstić information content (AvgIpc) is 3.61. The number of carbonyl (C=O) groups excluding carboxylic acids is 1. The van der Waals surface area contributed by atoms with E-state index < -0.39 is 23.3 Å². The number of carboxylic acid groups (broad SMARTS) is 1. The van der Waals surface area contributed by atoms with Crippen LogP contribution in [0.5, 0.6) is 0 Å². The molecule has 0 spiro atoms. The third-order valence-corrected chi connectivity index (χ3v) is 7.04. The number of carboxylic acids is 1. The second-order valence-corrected chi connectivity index (χ2v) is 9.18. The summed E-state index contributed by atoms with van der Waals surface area (Å²) in [7, 11) is 0. The van der Waals surface area contributed by atoms with Crippen molar-refractivity contribution in [3.8, 4) is 0 Å². The Labute approximate surface area is 194 Å². The monoisotopic (exact) mass is 464 g/mol. The molecule has 2 unspecified atom stereocenters. The molecule has 1 saturated heterocycles. The summed E-state index contributed by atoms with van der Waals surface area (Å²) in [5.41, 5.74) is 7.53. The molecule has 3 aromatic heterocycles. The molecule has 2 fully saturated rings. The SMILES string of the molecule is Cc1c(N2CC(CN)C(Cc3ccncc3)C2=O)c(F)cn2c(=O)c(C(=O)O)cc(C3CC3)c12. The molecule has 0 bridgehead atoms. The van der Waals surface area contributed by atoms with Gasteiger partial charge in [-0.2, -0.15) is 0 Å². The van der Waals surface area contributed by atoms with Crippen molar-refractivity contribution in [2.45, 2.75) is 32.1 Å². The van der Waals surface area contributed by atoms with E-state index in [4.69, 9.17) is 5.73 Å². The molecule has 1 aliphatic carbocycles. The maximum absolute atomic E-state index is 15.5. The highest BCUT2D eigenvalue weighted by Gasteiger charge is 2.42. The summed E-state index contributed by atoms with van der Waals surface area (Å²) in [6, 6.07) is 5.10. The molecule has 1 aliphatic heterocycles. The van der Waals surface area contributed by atoms with Crippen LogP contribution in [0, 0.1) is 24.6 Å². The molecule has 3 N–H and O–H groups in total. The van der Waals surface area contributed by atoms with Gasteiger partial charge in [0.05, 0.1) is 17.4 Å². The molecule has 4 heterocycles. The van der Waals surface area contributed by atoms with Gasteiger partial charge in [0, 0.05) is 36.3 Å². The zero-order chi connectivity index (χ0) is 24.1. The van der Waals surface area contributed by atoms with Gasteiger partial charge in [-0.1, -0.05) is 0 Å². The van der Waals surface area contributed by atoms with E-state index in [1.54, 1.807) is 19.3 Å². The largest absolute Gasteiger partial charge is 0.477 e.